The van der Waals surface area contributed by atoms with Gasteiger partial charge in [-0.15, -0.1) is 10.2 Å². The van der Waals surface area contributed by atoms with E-state index >= 15 is 0 Å². The molecule has 4 rings (SSSR count). The Morgan fingerprint density at radius 2 is 1.92 bits per heavy atom. The van der Waals surface area contributed by atoms with Crippen molar-refractivity contribution in [3.8, 4) is 0 Å². The van der Waals surface area contributed by atoms with Gasteiger partial charge >= 0.3 is 0 Å². The molecule has 2 fully saturated rings. The number of hydrogen-bond acceptors (Lipinski definition) is 4. The van der Waals surface area contributed by atoms with Crippen LogP contribution in [-0.2, 0) is 13.6 Å². The second kappa shape index (κ2) is 6.26. The molecule has 1 aromatic carbocycles. The fraction of sp³-hybridized carbons (Fsp3) is 0.556. The van der Waals surface area contributed by atoms with Gasteiger partial charge in [-0.05, 0) is 43.4 Å². The molecule has 0 aliphatic heterocycles. The molecule has 0 spiro atoms. The summed E-state index contributed by atoms with van der Waals surface area (Å²) < 4.78 is 15.2. The van der Waals surface area contributed by atoms with Crippen LogP contribution in [0.3, 0.4) is 0 Å². The zero-order valence-electron chi connectivity index (χ0n) is 13.9. The molecule has 0 unspecified atom stereocenters. The maximum absolute atomic E-state index is 13.0. The van der Waals surface area contributed by atoms with E-state index in [1.807, 2.05) is 7.05 Å². The number of hydrogen-bond donors (Lipinski definition) is 1. The van der Waals surface area contributed by atoms with Crippen LogP contribution in [0.15, 0.2) is 24.3 Å². The molecule has 1 N–H and O–H groups in total. The minimum absolute atomic E-state index is 0.281. The first-order chi connectivity index (χ1) is 11.6. The van der Waals surface area contributed by atoms with Crippen LogP contribution in [0.25, 0.3) is 0 Å². The highest BCUT2D eigenvalue weighted by molar-refractivity contribution is 5.19. The molecule has 2 saturated carbocycles. The Morgan fingerprint density at radius 3 is 2.54 bits per heavy atom. The van der Waals surface area contributed by atoms with Crippen LogP contribution >= 0.6 is 0 Å². The summed E-state index contributed by atoms with van der Waals surface area (Å²) in [6, 6.07) is 6.59. The van der Waals surface area contributed by atoms with Crippen molar-refractivity contribution in [1.29, 1.82) is 0 Å². The van der Waals surface area contributed by atoms with Gasteiger partial charge < -0.3 is 9.67 Å². The fourth-order valence-electron chi connectivity index (χ4n) is 3.19. The molecule has 1 atom stereocenters. The third kappa shape index (κ3) is 3.35. The van der Waals surface area contributed by atoms with E-state index in [1.54, 1.807) is 12.1 Å². The van der Waals surface area contributed by atoms with E-state index in [9.17, 15) is 9.50 Å². The molecule has 6 heteroatoms. The molecule has 5 nitrogen and oxygen atoms in total. The summed E-state index contributed by atoms with van der Waals surface area (Å²) in [5.74, 6) is 2.34. The topological polar surface area (TPSA) is 54.2 Å². The number of benzene rings is 1. The Hall–Kier alpha value is -1.79. The molecule has 1 heterocycles. The third-order valence-electron chi connectivity index (χ3n) is 5.01. The molecular formula is C18H23FN4O. The van der Waals surface area contributed by atoms with Crippen LogP contribution in [-0.4, -0.2) is 37.4 Å². The third-order valence-corrected chi connectivity index (χ3v) is 5.01. The van der Waals surface area contributed by atoms with E-state index in [4.69, 9.17) is 0 Å². The maximum Gasteiger partial charge on any atom is 0.146 e. The summed E-state index contributed by atoms with van der Waals surface area (Å²) in [7, 11) is 2.03. The minimum atomic E-state index is -0.623. The van der Waals surface area contributed by atoms with Crippen LogP contribution in [0.4, 0.5) is 4.39 Å². The molecule has 2 aliphatic carbocycles. The number of aliphatic hydroxyl groups excluding tert-OH is 1. The highest BCUT2D eigenvalue weighted by atomic mass is 19.1. The van der Waals surface area contributed by atoms with E-state index < -0.39 is 6.10 Å². The lowest BCUT2D eigenvalue weighted by atomic mass is 10.1. The Bertz CT molecular complexity index is 706. The quantitative estimate of drug-likeness (QED) is 0.848. The van der Waals surface area contributed by atoms with E-state index in [0.717, 1.165) is 30.1 Å². The van der Waals surface area contributed by atoms with Gasteiger partial charge in [-0.1, -0.05) is 12.1 Å². The summed E-state index contributed by atoms with van der Waals surface area (Å²) in [5.41, 5.74) is 0.749. The Labute approximate surface area is 141 Å². The fourth-order valence-corrected chi connectivity index (χ4v) is 3.19. The summed E-state index contributed by atoms with van der Waals surface area (Å²) in [6.45, 7) is 1.22. The van der Waals surface area contributed by atoms with Gasteiger partial charge in [0.05, 0.1) is 12.6 Å². The molecule has 0 radical (unpaired) electrons. The van der Waals surface area contributed by atoms with Crippen molar-refractivity contribution in [2.45, 2.75) is 50.3 Å². The largest absolute Gasteiger partial charge is 0.387 e. The Morgan fingerprint density at radius 1 is 1.21 bits per heavy atom. The lowest BCUT2D eigenvalue weighted by Gasteiger charge is -2.24. The van der Waals surface area contributed by atoms with Crippen molar-refractivity contribution in [2.24, 2.45) is 7.05 Å². The van der Waals surface area contributed by atoms with Gasteiger partial charge in [-0.2, -0.15) is 0 Å². The summed E-state index contributed by atoms with van der Waals surface area (Å²) in [6.07, 6.45) is 4.11. The highest BCUT2D eigenvalue weighted by Gasteiger charge is 2.33. The first-order valence-corrected chi connectivity index (χ1v) is 8.67. The van der Waals surface area contributed by atoms with Crippen molar-refractivity contribution in [2.75, 3.05) is 6.54 Å². The molecule has 2 aromatic rings. The van der Waals surface area contributed by atoms with E-state index in [0.29, 0.717) is 25.0 Å². The number of rotatable bonds is 7. The van der Waals surface area contributed by atoms with Gasteiger partial charge in [0, 0.05) is 25.6 Å². The molecule has 0 amide bonds. The van der Waals surface area contributed by atoms with Crippen LogP contribution in [0.5, 0.6) is 0 Å². The van der Waals surface area contributed by atoms with Gasteiger partial charge in [0.1, 0.15) is 17.5 Å². The van der Waals surface area contributed by atoms with Crippen LogP contribution in [0, 0.1) is 5.82 Å². The van der Waals surface area contributed by atoms with Crippen molar-refractivity contribution >= 4 is 0 Å². The normalized spacial score (nSPS) is 19.0. The Kier molecular flexibility index (Phi) is 4.10. The lowest BCUT2D eigenvalue weighted by Crippen LogP contribution is -2.31. The number of aliphatic hydroxyl groups is 1. The molecule has 0 saturated heterocycles. The standard InChI is InChI=1S/C18H23FN4O/c1-22-17(20-21-18(22)13-2-3-13)11-23(15-8-9-15)10-16(24)12-4-6-14(19)7-5-12/h4-7,13,15-16,24H,2-3,8-11H2,1H3/t16-/m1/s1. The predicted molar refractivity (Wildman–Crippen MR) is 87.8 cm³/mol. The van der Waals surface area contributed by atoms with Gasteiger partial charge in [0.2, 0.25) is 0 Å². The van der Waals surface area contributed by atoms with Gasteiger partial charge in [-0.3, -0.25) is 4.90 Å². The predicted octanol–water partition coefficient (Wildman–Crippen LogP) is 2.53. The number of halogens is 1. The molecule has 0 bridgehead atoms. The smallest absolute Gasteiger partial charge is 0.146 e. The molecule has 2 aliphatic rings. The maximum atomic E-state index is 13.0. The first kappa shape index (κ1) is 15.7. The Balaban J connectivity index is 1.45. The van der Waals surface area contributed by atoms with E-state index in [-0.39, 0.29) is 5.82 Å². The van der Waals surface area contributed by atoms with E-state index in [1.165, 1.54) is 25.0 Å². The molecule has 128 valence electrons. The van der Waals surface area contributed by atoms with Crippen LogP contribution in [0.1, 0.15) is 54.9 Å². The van der Waals surface area contributed by atoms with Crippen molar-refractivity contribution in [3.63, 3.8) is 0 Å². The summed E-state index contributed by atoms with van der Waals surface area (Å²) in [5, 5.41) is 19.2. The second-order valence-corrected chi connectivity index (χ2v) is 7.04. The average molecular weight is 330 g/mol. The number of aromatic nitrogens is 3. The average Bonchev–Trinajstić information content (AvgIpc) is 3.47. The van der Waals surface area contributed by atoms with Crippen LogP contribution in [0.2, 0.25) is 0 Å². The zero-order chi connectivity index (χ0) is 16.7. The van der Waals surface area contributed by atoms with Gasteiger partial charge in [-0.25, -0.2) is 4.39 Å². The molecular weight excluding hydrogens is 307 g/mol. The lowest BCUT2D eigenvalue weighted by molar-refractivity contribution is 0.102. The highest BCUT2D eigenvalue weighted by Crippen LogP contribution is 2.39. The van der Waals surface area contributed by atoms with Crippen molar-refractivity contribution in [1.82, 2.24) is 19.7 Å². The van der Waals surface area contributed by atoms with Gasteiger partial charge in [0.15, 0.2) is 0 Å². The van der Waals surface area contributed by atoms with Crippen LogP contribution < -0.4 is 0 Å². The monoisotopic (exact) mass is 330 g/mol. The van der Waals surface area contributed by atoms with Gasteiger partial charge in [0.25, 0.3) is 0 Å². The minimum Gasteiger partial charge on any atom is -0.387 e. The first-order valence-electron chi connectivity index (χ1n) is 8.67. The SMILES string of the molecule is Cn1c(CN(C[C@@H](O)c2ccc(F)cc2)C2CC2)nnc1C1CC1. The van der Waals surface area contributed by atoms with Crippen molar-refractivity contribution < 1.29 is 9.50 Å². The second-order valence-electron chi connectivity index (χ2n) is 7.04. The summed E-state index contributed by atoms with van der Waals surface area (Å²) in [4.78, 5) is 2.27. The zero-order valence-corrected chi connectivity index (χ0v) is 13.9. The molecule has 24 heavy (non-hydrogen) atoms. The summed E-state index contributed by atoms with van der Waals surface area (Å²) >= 11 is 0. The van der Waals surface area contributed by atoms with E-state index in [2.05, 4.69) is 19.7 Å². The number of nitrogens with zero attached hydrogens (tertiary/aromatic N) is 4. The van der Waals surface area contributed by atoms with Crippen molar-refractivity contribution in [3.05, 3.63) is 47.3 Å². The molecule has 1 aromatic heterocycles.